The number of aryl methyl sites for hydroxylation is 1. The Morgan fingerprint density at radius 2 is 1.88 bits per heavy atom. The van der Waals surface area contributed by atoms with Crippen LogP contribution >= 0.6 is 0 Å². The summed E-state index contributed by atoms with van der Waals surface area (Å²) in [4.78, 5) is 20.5. The van der Waals surface area contributed by atoms with E-state index in [1.807, 2.05) is 19.1 Å². The first-order chi connectivity index (χ1) is 12.0. The molecule has 7 nitrogen and oxygen atoms in total. The summed E-state index contributed by atoms with van der Waals surface area (Å²) in [7, 11) is 1.53. The van der Waals surface area contributed by atoms with Crippen LogP contribution in [-0.2, 0) is 6.42 Å². The fourth-order valence-electron chi connectivity index (χ4n) is 2.47. The number of rotatable bonds is 4. The third-order valence-corrected chi connectivity index (χ3v) is 3.82. The van der Waals surface area contributed by atoms with Crippen LogP contribution < -0.4 is 20.9 Å². The van der Waals surface area contributed by atoms with E-state index >= 15 is 0 Å². The number of carbonyl (C=O) groups is 1. The average Bonchev–Trinajstić information content (AvgIpc) is 2.61. The van der Waals surface area contributed by atoms with Gasteiger partial charge in [-0.15, -0.1) is 0 Å². The summed E-state index contributed by atoms with van der Waals surface area (Å²) in [5.74, 6) is 0.624. The molecule has 25 heavy (non-hydrogen) atoms. The molecule has 128 valence electrons. The van der Waals surface area contributed by atoms with Crippen molar-refractivity contribution < 1.29 is 14.3 Å². The Bertz CT molecular complexity index is 956. The number of esters is 1. The minimum absolute atomic E-state index is 0.0843. The zero-order valence-corrected chi connectivity index (χ0v) is 13.9. The Balaban J connectivity index is 1.92. The highest BCUT2D eigenvalue weighted by Gasteiger charge is 2.14. The molecular weight excluding hydrogens is 320 g/mol. The molecule has 0 saturated carbocycles. The summed E-state index contributed by atoms with van der Waals surface area (Å²) in [5, 5.41) is 0.539. The predicted molar refractivity (Wildman–Crippen MR) is 95.7 cm³/mol. The van der Waals surface area contributed by atoms with Gasteiger partial charge in [0.1, 0.15) is 5.82 Å². The Kier molecular flexibility index (Phi) is 4.38. The lowest BCUT2D eigenvalue weighted by Crippen LogP contribution is -2.10. The number of nitrogens with two attached hydrogens (primary N) is 2. The maximum absolute atomic E-state index is 12.5. The van der Waals surface area contributed by atoms with Crippen LogP contribution in [0.4, 0.5) is 11.8 Å². The van der Waals surface area contributed by atoms with Gasteiger partial charge in [0.05, 0.1) is 18.2 Å². The summed E-state index contributed by atoms with van der Waals surface area (Å²) >= 11 is 0. The van der Waals surface area contributed by atoms with Crippen molar-refractivity contribution in [2.24, 2.45) is 0 Å². The van der Waals surface area contributed by atoms with E-state index in [4.69, 9.17) is 20.9 Å². The quantitative estimate of drug-likeness (QED) is 0.555. The molecule has 0 bridgehead atoms. The van der Waals surface area contributed by atoms with Crippen LogP contribution in [0.3, 0.4) is 0 Å². The van der Waals surface area contributed by atoms with Crippen molar-refractivity contribution in [2.45, 2.75) is 13.3 Å². The van der Waals surface area contributed by atoms with Crippen LogP contribution in [-0.4, -0.2) is 23.0 Å². The van der Waals surface area contributed by atoms with E-state index in [0.29, 0.717) is 28.0 Å². The molecule has 0 atom stereocenters. The van der Waals surface area contributed by atoms with Crippen molar-refractivity contribution in [1.82, 2.24) is 9.97 Å². The lowest BCUT2D eigenvalue weighted by Gasteiger charge is -2.11. The van der Waals surface area contributed by atoms with Crippen molar-refractivity contribution in [3.8, 4) is 11.5 Å². The molecule has 0 amide bonds. The number of nitrogen functional groups attached to an aromatic ring is 2. The second-order valence-electron chi connectivity index (χ2n) is 5.43. The molecule has 0 spiro atoms. The zero-order valence-electron chi connectivity index (χ0n) is 13.9. The van der Waals surface area contributed by atoms with Crippen LogP contribution in [0.5, 0.6) is 11.5 Å². The molecule has 3 rings (SSSR count). The van der Waals surface area contributed by atoms with Gasteiger partial charge in [0.15, 0.2) is 11.5 Å². The number of anilines is 2. The molecule has 0 aliphatic carbocycles. The van der Waals surface area contributed by atoms with E-state index in [1.54, 1.807) is 24.3 Å². The van der Waals surface area contributed by atoms with E-state index in [1.165, 1.54) is 7.11 Å². The minimum Gasteiger partial charge on any atom is -0.493 e. The van der Waals surface area contributed by atoms with Crippen molar-refractivity contribution in [3.05, 3.63) is 47.5 Å². The largest absolute Gasteiger partial charge is 0.493 e. The van der Waals surface area contributed by atoms with Crippen LogP contribution in [0.15, 0.2) is 36.4 Å². The Morgan fingerprint density at radius 3 is 2.60 bits per heavy atom. The fraction of sp³-hybridized carbons (Fsp3) is 0.167. The molecule has 1 heterocycles. The predicted octanol–water partition coefficient (Wildman–Crippen LogP) is 2.58. The number of methoxy groups -OCH3 is 1. The number of ether oxygens (including phenoxy) is 2. The maximum atomic E-state index is 12.5. The molecule has 3 aromatic rings. The third kappa shape index (κ3) is 3.30. The lowest BCUT2D eigenvalue weighted by atomic mass is 10.1. The average molecular weight is 338 g/mol. The topological polar surface area (TPSA) is 113 Å². The Hall–Kier alpha value is -3.35. The van der Waals surface area contributed by atoms with Gasteiger partial charge in [-0.1, -0.05) is 13.0 Å². The van der Waals surface area contributed by atoms with E-state index in [0.717, 1.165) is 12.0 Å². The van der Waals surface area contributed by atoms with Crippen molar-refractivity contribution in [1.29, 1.82) is 0 Å². The number of hydrogen-bond donors (Lipinski definition) is 2. The first kappa shape index (κ1) is 16.5. The molecule has 0 unspecified atom stereocenters. The molecule has 4 N–H and O–H groups in total. The van der Waals surface area contributed by atoms with Crippen molar-refractivity contribution in [2.75, 3.05) is 18.6 Å². The van der Waals surface area contributed by atoms with Gasteiger partial charge in [-0.05, 0) is 42.3 Å². The van der Waals surface area contributed by atoms with Crippen molar-refractivity contribution in [3.63, 3.8) is 0 Å². The monoisotopic (exact) mass is 338 g/mol. The second-order valence-corrected chi connectivity index (χ2v) is 5.43. The first-order valence-electron chi connectivity index (χ1n) is 7.73. The molecule has 2 aromatic carbocycles. The molecule has 0 fully saturated rings. The molecule has 0 aliphatic heterocycles. The standard InChI is InChI=1S/C18H18N4O3/c1-3-10-4-7-14(15(8-10)24-2)25-17(23)11-5-6-13-12(9-11)16(19)22-18(20)21-13/h4-9H,3H2,1-2H3,(H4,19,20,21,22). The number of aromatic nitrogens is 2. The number of carbonyl (C=O) groups excluding carboxylic acids is 1. The SMILES string of the molecule is CCc1ccc(OC(=O)c2ccc3nc(N)nc(N)c3c2)c(OC)c1. The van der Waals surface area contributed by atoms with E-state index in [-0.39, 0.29) is 11.8 Å². The van der Waals surface area contributed by atoms with Crippen LogP contribution in [0.1, 0.15) is 22.8 Å². The van der Waals surface area contributed by atoms with Crippen LogP contribution in [0, 0.1) is 0 Å². The number of nitrogens with zero attached hydrogens (tertiary/aromatic N) is 2. The van der Waals surface area contributed by atoms with Gasteiger partial charge in [-0.3, -0.25) is 0 Å². The fourth-order valence-corrected chi connectivity index (χ4v) is 2.47. The smallest absolute Gasteiger partial charge is 0.343 e. The first-order valence-corrected chi connectivity index (χ1v) is 7.73. The zero-order chi connectivity index (χ0) is 18.0. The van der Waals surface area contributed by atoms with Crippen molar-refractivity contribution >= 4 is 28.6 Å². The molecule has 0 radical (unpaired) electrons. The number of fused-ring (bicyclic) bond motifs is 1. The molecule has 0 saturated heterocycles. The highest BCUT2D eigenvalue weighted by molar-refractivity contribution is 5.98. The maximum Gasteiger partial charge on any atom is 0.343 e. The number of hydrogen-bond acceptors (Lipinski definition) is 7. The van der Waals surface area contributed by atoms with Gasteiger partial charge >= 0.3 is 5.97 Å². The number of benzene rings is 2. The van der Waals surface area contributed by atoms with Gasteiger partial charge in [-0.25, -0.2) is 9.78 Å². The third-order valence-electron chi connectivity index (χ3n) is 3.82. The Morgan fingerprint density at radius 1 is 1.08 bits per heavy atom. The summed E-state index contributed by atoms with van der Waals surface area (Å²) in [6.07, 6.45) is 0.859. The molecule has 0 aliphatic rings. The van der Waals surface area contributed by atoms with E-state index in [9.17, 15) is 4.79 Å². The van der Waals surface area contributed by atoms with Gasteiger partial charge in [-0.2, -0.15) is 4.98 Å². The van der Waals surface area contributed by atoms with E-state index in [2.05, 4.69) is 9.97 Å². The molecule has 1 aromatic heterocycles. The van der Waals surface area contributed by atoms with Crippen LogP contribution in [0.2, 0.25) is 0 Å². The highest BCUT2D eigenvalue weighted by Crippen LogP contribution is 2.29. The van der Waals surface area contributed by atoms with Gasteiger partial charge in [0.25, 0.3) is 0 Å². The summed E-state index contributed by atoms with van der Waals surface area (Å²) in [6.45, 7) is 2.04. The van der Waals surface area contributed by atoms with Gasteiger partial charge in [0.2, 0.25) is 5.95 Å². The lowest BCUT2D eigenvalue weighted by molar-refractivity contribution is 0.0730. The van der Waals surface area contributed by atoms with Crippen LogP contribution in [0.25, 0.3) is 10.9 Å². The normalized spacial score (nSPS) is 10.6. The summed E-state index contributed by atoms with van der Waals surface area (Å²) in [5.41, 5.74) is 13.4. The highest BCUT2D eigenvalue weighted by atomic mass is 16.6. The van der Waals surface area contributed by atoms with Gasteiger partial charge in [0, 0.05) is 5.39 Å². The molecular formula is C18H18N4O3. The minimum atomic E-state index is -0.527. The van der Waals surface area contributed by atoms with E-state index < -0.39 is 5.97 Å². The Labute approximate surface area is 144 Å². The van der Waals surface area contributed by atoms with Gasteiger partial charge < -0.3 is 20.9 Å². The summed E-state index contributed by atoms with van der Waals surface area (Å²) in [6, 6.07) is 10.3. The summed E-state index contributed by atoms with van der Waals surface area (Å²) < 4.78 is 10.8. The molecule has 7 heteroatoms. The second kappa shape index (κ2) is 6.64.